The second-order valence-corrected chi connectivity index (χ2v) is 4.89. The quantitative estimate of drug-likeness (QED) is 0.581. The summed E-state index contributed by atoms with van der Waals surface area (Å²) in [6.45, 7) is 6.37. The molecular formula is C9H15N3OS. The zero-order chi connectivity index (χ0) is 10.7. The van der Waals surface area contributed by atoms with Gasteiger partial charge in [-0.25, -0.2) is 4.79 Å². The van der Waals surface area contributed by atoms with Crippen molar-refractivity contribution in [1.29, 1.82) is 0 Å². The molecule has 0 saturated heterocycles. The highest BCUT2D eigenvalue weighted by Gasteiger charge is 2.09. The molecule has 78 valence electrons. The molecule has 0 spiro atoms. The van der Waals surface area contributed by atoms with Gasteiger partial charge in [0.2, 0.25) is 0 Å². The molecule has 5 heteroatoms. The number of aromatic amines is 1. The topological polar surface area (TPSA) is 71.8 Å². The van der Waals surface area contributed by atoms with Crippen LogP contribution in [-0.4, -0.2) is 15.2 Å². The molecule has 0 aliphatic carbocycles. The molecule has 1 rings (SSSR count). The van der Waals surface area contributed by atoms with Crippen LogP contribution in [0.25, 0.3) is 0 Å². The number of H-pyrrole nitrogens is 1. The summed E-state index contributed by atoms with van der Waals surface area (Å²) >= 11 is 1.57. The van der Waals surface area contributed by atoms with E-state index in [1.54, 1.807) is 11.8 Å². The van der Waals surface area contributed by atoms with Crippen molar-refractivity contribution in [1.82, 2.24) is 9.97 Å². The summed E-state index contributed by atoms with van der Waals surface area (Å²) < 4.78 is 0. The average molecular weight is 213 g/mol. The van der Waals surface area contributed by atoms with E-state index in [0.29, 0.717) is 11.8 Å². The predicted molar refractivity (Wildman–Crippen MR) is 58.5 cm³/mol. The highest BCUT2D eigenvalue weighted by Crippen LogP contribution is 2.24. The molecule has 1 aromatic heterocycles. The standard InChI is InChI=1S/C9H15N3OS/c1-5(2)14-8-7(4-10)6(3)11-9(13)12-8/h5H,4,10H2,1-3H3,(H,11,12,13). The summed E-state index contributed by atoms with van der Waals surface area (Å²) in [6.07, 6.45) is 0. The van der Waals surface area contributed by atoms with Gasteiger partial charge < -0.3 is 10.7 Å². The Balaban J connectivity index is 3.18. The van der Waals surface area contributed by atoms with E-state index in [9.17, 15) is 4.79 Å². The Kier molecular flexibility index (Phi) is 3.71. The van der Waals surface area contributed by atoms with Crippen molar-refractivity contribution in [2.75, 3.05) is 0 Å². The van der Waals surface area contributed by atoms with Gasteiger partial charge in [-0.2, -0.15) is 4.98 Å². The first kappa shape index (κ1) is 11.3. The van der Waals surface area contributed by atoms with E-state index in [1.165, 1.54) is 0 Å². The summed E-state index contributed by atoms with van der Waals surface area (Å²) in [4.78, 5) is 17.7. The third-order valence-electron chi connectivity index (χ3n) is 1.76. The second-order valence-electron chi connectivity index (χ2n) is 3.32. The molecule has 0 amide bonds. The second kappa shape index (κ2) is 4.61. The minimum Gasteiger partial charge on any atom is -0.326 e. The maximum absolute atomic E-state index is 11.1. The fourth-order valence-electron chi connectivity index (χ4n) is 1.15. The number of aryl methyl sites for hydroxylation is 1. The van der Waals surface area contributed by atoms with E-state index in [2.05, 4.69) is 23.8 Å². The lowest BCUT2D eigenvalue weighted by molar-refractivity contribution is 0.856. The third kappa shape index (κ3) is 2.59. The fourth-order valence-corrected chi connectivity index (χ4v) is 2.11. The van der Waals surface area contributed by atoms with Gasteiger partial charge in [0, 0.05) is 23.1 Å². The number of aromatic nitrogens is 2. The number of nitrogens with zero attached hydrogens (tertiary/aromatic N) is 1. The van der Waals surface area contributed by atoms with E-state index in [0.717, 1.165) is 16.3 Å². The number of nitrogens with one attached hydrogen (secondary N) is 1. The van der Waals surface area contributed by atoms with Crippen LogP contribution >= 0.6 is 11.8 Å². The predicted octanol–water partition coefficient (Wildman–Crippen LogP) is 1.04. The fraction of sp³-hybridized carbons (Fsp3) is 0.556. The van der Waals surface area contributed by atoms with Crippen molar-refractivity contribution < 1.29 is 0 Å². The minimum absolute atomic E-state index is 0.303. The highest BCUT2D eigenvalue weighted by atomic mass is 32.2. The van der Waals surface area contributed by atoms with Gasteiger partial charge in [-0.3, -0.25) is 0 Å². The van der Waals surface area contributed by atoms with Crippen LogP contribution < -0.4 is 11.4 Å². The lowest BCUT2D eigenvalue weighted by atomic mass is 10.2. The molecule has 0 unspecified atom stereocenters. The summed E-state index contributed by atoms with van der Waals surface area (Å²) in [6, 6.07) is 0. The summed E-state index contributed by atoms with van der Waals surface area (Å²) in [5.74, 6) is 0. The smallest absolute Gasteiger partial charge is 0.326 e. The van der Waals surface area contributed by atoms with Crippen molar-refractivity contribution in [3.8, 4) is 0 Å². The summed E-state index contributed by atoms with van der Waals surface area (Å²) in [7, 11) is 0. The lowest BCUT2D eigenvalue weighted by Crippen LogP contribution is -2.17. The molecule has 0 bridgehead atoms. The number of thioether (sulfide) groups is 1. The Morgan fingerprint density at radius 1 is 1.57 bits per heavy atom. The maximum atomic E-state index is 11.1. The van der Waals surface area contributed by atoms with Crippen molar-refractivity contribution >= 4 is 11.8 Å². The van der Waals surface area contributed by atoms with Crippen LogP contribution in [0.2, 0.25) is 0 Å². The Morgan fingerprint density at radius 2 is 2.21 bits per heavy atom. The maximum Gasteiger partial charge on any atom is 0.346 e. The molecule has 1 heterocycles. The molecule has 0 fully saturated rings. The van der Waals surface area contributed by atoms with Gasteiger partial charge in [-0.15, -0.1) is 11.8 Å². The van der Waals surface area contributed by atoms with Gasteiger partial charge in [0.15, 0.2) is 0 Å². The van der Waals surface area contributed by atoms with Crippen LogP contribution in [0, 0.1) is 6.92 Å². The first-order chi connectivity index (χ1) is 6.54. The Labute approximate surface area is 87.3 Å². The SMILES string of the molecule is Cc1[nH]c(=O)nc(SC(C)C)c1CN. The van der Waals surface area contributed by atoms with Crippen LogP contribution in [0.1, 0.15) is 25.1 Å². The summed E-state index contributed by atoms with van der Waals surface area (Å²) in [5, 5.41) is 1.15. The largest absolute Gasteiger partial charge is 0.346 e. The first-order valence-electron chi connectivity index (χ1n) is 4.51. The van der Waals surface area contributed by atoms with Gasteiger partial charge in [0.1, 0.15) is 5.03 Å². The van der Waals surface area contributed by atoms with Gasteiger partial charge in [-0.05, 0) is 6.92 Å². The van der Waals surface area contributed by atoms with E-state index in [-0.39, 0.29) is 5.69 Å². The molecule has 3 N–H and O–H groups in total. The Hall–Kier alpha value is -0.810. The molecule has 0 atom stereocenters. The van der Waals surface area contributed by atoms with Gasteiger partial charge in [0.05, 0.1) is 0 Å². The number of hydrogen-bond donors (Lipinski definition) is 2. The number of rotatable bonds is 3. The normalized spacial score (nSPS) is 10.9. The minimum atomic E-state index is -0.303. The van der Waals surface area contributed by atoms with Crippen LogP contribution in [0.15, 0.2) is 9.82 Å². The van der Waals surface area contributed by atoms with Crippen molar-refractivity contribution in [2.24, 2.45) is 5.73 Å². The van der Waals surface area contributed by atoms with E-state index in [4.69, 9.17) is 5.73 Å². The Bertz CT molecular complexity index is 373. The Morgan fingerprint density at radius 3 is 2.71 bits per heavy atom. The van der Waals surface area contributed by atoms with Crippen molar-refractivity contribution in [3.63, 3.8) is 0 Å². The molecule has 0 aliphatic heterocycles. The van der Waals surface area contributed by atoms with E-state index < -0.39 is 0 Å². The molecule has 4 nitrogen and oxygen atoms in total. The van der Waals surface area contributed by atoms with Gasteiger partial charge in [0.25, 0.3) is 0 Å². The van der Waals surface area contributed by atoms with Gasteiger partial charge >= 0.3 is 5.69 Å². The molecule has 1 aromatic rings. The first-order valence-corrected chi connectivity index (χ1v) is 5.39. The molecule has 0 aliphatic rings. The zero-order valence-electron chi connectivity index (χ0n) is 8.63. The average Bonchev–Trinajstić information content (AvgIpc) is 2.01. The summed E-state index contributed by atoms with van der Waals surface area (Å²) in [5.41, 5.74) is 7.05. The lowest BCUT2D eigenvalue weighted by Gasteiger charge is -2.10. The molecular weight excluding hydrogens is 198 g/mol. The number of hydrogen-bond acceptors (Lipinski definition) is 4. The van der Waals surface area contributed by atoms with Crippen LogP contribution in [0.5, 0.6) is 0 Å². The zero-order valence-corrected chi connectivity index (χ0v) is 9.44. The van der Waals surface area contributed by atoms with Crippen molar-refractivity contribution in [2.45, 2.75) is 37.6 Å². The third-order valence-corrected chi connectivity index (χ3v) is 2.79. The van der Waals surface area contributed by atoms with E-state index >= 15 is 0 Å². The molecule has 0 aromatic carbocycles. The monoisotopic (exact) mass is 213 g/mol. The van der Waals surface area contributed by atoms with E-state index in [1.807, 2.05) is 6.92 Å². The molecule has 0 radical (unpaired) electrons. The molecule has 14 heavy (non-hydrogen) atoms. The number of nitrogens with two attached hydrogens (primary N) is 1. The van der Waals surface area contributed by atoms with Crippen LogP contribution in [0.4, 0.5) is 0 Å². The van der Waals surface area contributed by atoms with Crippen LogP contribution in [-0.2, 0) is 6.54 Å². The van der Waals surface area contributed by atoms with Crippen LogP contribution in [0.3, 0.4) is 0 Å². The van der Waals surface area contributed by atoms with Gasteiger partial charge in [-0.1, -0.05) is 13.8 Å². The molecule has 0 saturated carbocycles. The highest BCUT2D eigenvalue weighted by molar-refractivity contribution is 7.99. The van der Waals surface area contributed by atoms with Crippen molar-refractivity contribution in [3.05, 3.63) is 21.7 Å².